The van der Waals surface area contributed by atoms with E-state index < -0.39 is 0 Å². The molecular formula is C22H29Cl2N3O. The lowest BCUT2D eigenvalue weighted by molar-refractivity contribution is 0.0985. The van der Waals surface area contributed by atoms with Gasteiger partial charge in [-0.3, -0.25) is 9.69 Å². The van der Waals surface area contributed by atoms with Crippen LogP contribution in [0.25, 0.3) is 0 Å². The molecule has 28 heavy (non-hydrogen) atoms. The molecule has 2 aromatic carbocycles. The molecule has 1 heterocycles. The highest BCUT2D eigenvalue weighted by Crippen LogP contribution is 2.32. The fourth-order valence-electron chi connectivity index (χ4n) is 3.94. The Labute approximate surface area is 179 Å². The van der Waals surface area contributed by atoms with Gasteiger partial charge in [0.2, 0.25) is 0 Å². The van der Waals surface area contributed by atoms with E-state index in [-0.39, 0.29) is 30.7 Å². The highest BCUT2D eigenvalue weighted by molar-refractivity contribution is 6.07. The van der Waals surface area contributed by atoms with Gasteiger partial charge in [-0.1, -0.05) is 25.1 Å². The number of hydrogen-bond donors (Lipinski definition) is 1. The van der Waals surface area contributed by atoms with Crippen LogP contribution in [0.2, 0.25) is 0 Å². The number of carbonyl (C=O) groups is 1. The van der Waals surface area contributed by atoms with Crippen molar-refractivity contribution in [3.8, 4) is 0 Å². The normalized spacial score (nSPS) is 15.4. The van der Waals surface area contributed by atoms with Gasteiger partial charge in [-0.15, -0.1) is 24.8 Å². The van der Waals surface area contributed by atoms with E-state index in [9.17, 15) is 4.79 Å². The van der Waals surface area contributed by atoms with Crippen LogP contribution < -0.4 is 10.6 Å². The van der Waals surface area contributed by atoms with Crippen LogP contribution in [-0.4, -0.2) is 29.9 Å². The molecule has 2 aliphatic rings. The first-order valence-corrected chi connectivity index (χ1v) is 9.69. The summed E-state index contributed by atoms with van der Waals surface area (Å²) < 4.78 is 0. The van der Waals surface area contributed by atoms with Gasteiger partial charge in [-0.25, -0.2) is 0 Å². The molecule has 0 radical (unpaired) electrons. The van der Waals surface area contributed by atoms with Gasteiger partial charge in [0.05, 0.1) is 0 Å². The second kappa shape index (κ2) is 9.64. The van der Waals surface area contributed by atoms with Gasteiger partial charge in [0.25, 0.3) is 5.91 Å². The minimum Gasteiger partial charge on any atom is -0.398 e. The van der Waals surface area contributed by atoms with Crippen LogP contribution in [0.3, 0.4) is 0 Å². The molecular weight excluding hydrogens is 393 g/mol. The summed E-state index contributed by atoms with van der Waals surface area (Å²) in [7, 11) is 0. The molecule has 2 N–H and O–H groups in total. The molecule has 1 saturated carbocycles. The van der Waals surface area contributed by atoms with E-state index in [1.165, 1.54) is 18.4 Å². The Morgan fingerprint density at radius 1 is 1.14 bits per heavy atom. The molecule has 0 atom stereocenters. The third-order valence-corrected chi connectivity index (χ3v) is 5.59. The highest BCUT2D eigenvalue weighted by Gasteiger charge is 2.28. The van der Waals surface area contributed by atoms with Crippen molar-refractivity contribution in [3.63, 3.8) is 0 Å². The summed E-state index contributed by atoms with van der Waals surface area (Å²) in [6.45, 7) is 5.02. The number of nitrogens with zero attached hydrogens (tertiary/aromatic N) is 2. The molecule has 4 nitrogen and oxygen atoms in total. The summed E-state index contributed by atoms with van der Waals surface area (Å²) in [5.74, 6) is 0.0673. The molecule has 1 aliphatic carbocycles. The van der Waals surface area contributed by atoms with E-state index in [1.807, 2.05) is 35.2 Å². The van der Waals surface area contributed by atoms with Gasteiger partial charge >= 0.3 is 0 Å². The van der Waals surface area contributed by atoms with E-state index in [0.29, 0.717) is 0 Å². The summed E-state index contributed by atoms with van der Waals surface area (Å²) in [5, 5.41) is 0. The molecule has 4 rings (SSSR count). The van der Waals surface area contributed by atoms with Crippen molar-refractivity contribution in [1.82, 2.24) is 4.90 Å². The number of amides is 1. The van der Waals surface area contributed by atoms with Crippen LogP contribution >= 0.6 is 24.8 Å². The molecule has 1 amide bonds. The lowest BCUT2D eigenvalue weighted by Crippen LogP contribution is -2.35. The average molecular weight is 422 g/mol. The van der Waals surface area contributed by atoms with Gasteiger partial charge in [0.15, 0.2) is 0 Å². The summed E-state index contributed by atoms with van der Waals surface area (Å²) in [6, 6.07) is 14.8. The molecule has 6 heteroatoms. The van der Waals surface area contributed by atoms with E-state index in [4.69, 9.17) is 5.73 Å². The number of rotatable bonds is 5. The molecule has 1 aliphatic heterocycles. The predicted octanol–water partition coefficient (Wildman–Crippen LogP) is 4.69. The maximum Gasteiger partial charge on any atom is 0.258 e. The fraction of sp³-hybridized carbons (Fsp3) is 0.409. The maximum absolute atomic E-state index is 13.1. The van der Waals surface area contributed by atoms with Crippen molar-refractivity contribution in [2.45, 2.75) is 45.2 Å². The number of anilines is 2. The first-order valence-electron chi connectivity index (χ1n) is 9.69. The molecule has 2 aromatic rings. The van der Waals surface area contributed by atoms with Crippen molar-refractivity contribution in [2.24, 2.45) is 0 Å². The fourth-order valence-corrected chi connectivity index (χ4v) is 3.94. The van der Waals surface area contributed by atoms with Crippen LogP contribution in [0.15, 0.2) is 42.5 Å². The number of carbonyl (C=O) groups excluding carboxylic acids is 1. The SMILES string of the molecule is CCN(Cc1ccc(C(=O)N2CCCc3c(N)cccc32)cc1)C1CC1.Cl.Cl. The Balaban J connectivity index is 0.00000140. The molecule has 0 unspecified atom stereocenters. The third-order valence-electron chi connectivity index (χ3n) is 5.59. The second-order valence-corrected chi connectivity index (χ2v) is 7.40. The molecule has 152 valence electrons. The topological polar surface area (TPSA) is 49.6 Å². The zero-order valence-corrected chi connectivity index (χ0v) is 17.9. The first-order chi connectivity index (χ1) is 12.7. The maximum atomic E-state index is 13.1. The van der Waals surface area contributed by atoms with Crippen molar-refractivity contribution in [2.75, 3.05) is 23.7 Å². The van der Waals surface area contributed by atoms with Crippen LogP contribution in [0.5, 0.6) is 0 Å². The molecule has 1 fully saturated rings. The van der Waals surface area contributed by atoms with Crippen LogP contribution in [0.1, 0.15) is 47.7 Å². The van der Waals surface area contributed by atoms with Crippen LogP contribution in [-0.2, 0) is 13.0 Å². The van der Waals surface area contributed by atoms with Gasteiger partial charge in [0, 0.05) is 36.1 Å². The second-order valence-electron chi connectivity index (χ2n) is 7.40. The third kappa shape index (κ3) is 4.62. The van der Waals surface area contributed by atoms with Gasteiger partial charge in [-0.05, 0) is 67.6 Å². The van der Waals surface area contributed by atoms with Crippen LogP contribution in [0.4, 0.5) is 11.4 Å². The Morgan fingerprint density at radius 2 is 1.86 bits per heavy atom. The first kappa shape index (κ1) is 22.5. The van der Waals surface area contributed by atoms with Gasteiger partial charge in [-0.2, -0.15) is 0 Å². The van der Waals surface area contributed by atoms with Gasteiger partial charge in [0.1, 0.15) is 0 Å². The molecule has 0 bridgehead atoms. The smallest absolute Gasteiger partial charge is 0.258 e. The monoisotopic (exact) mass is 421 g/mol. The summed E-state index contributed by atoms with van der Waals surface area (Å²) in [4.78, 5) is 17.5. The quantitative estimate of drug-likeness (QED) is 0.712. The lowest BCUT2D eigenvalue weighted by atomic mass is 9.99. The Bertz CT molecular complexity index is 806. The van der Waals surface area contributed by atoms with Crippen molar-refractivity contribution in [3.05, 3.63) is 59.2 Å². The number of benzene rings is 2. The number of nitrogen functional groups attached to an aromatic ring is 1. The Morgan fingerprint density at radius 3 is 2.50 bits per heavy atom. The zero-order chi connectivity index (χ0) is 18.1. The predicted molar refractivity (Wildman–Crippen MR) is 121 cm³/mol. The molecule has 0 spiro atoms. The van der Waals surface area contributed by atoms with Crippen molar-refractivity contribution in [1.29, 1.82) is 0 Å². The number of hydrogen-bond acceptors (Lipinski definition) is 3. The Hall–Kier alpha value is -1.75. The average Bonchev–Trinajstić information content (AvgIpc) is 3.51. The van der Waals surface area contributed by atoms with E-state index in [0.717, 1.165) is 61.0 Å². The number of halogens is 2. The van der Waals surface area contributed by atoms with E-state index in [2.05, 4.69) is 24.0 Å². The minimum absolute atomic E-state index is 0. The lowest BCUT2D eigenvalue weighted by Gasteiger charge is -2.30. The van der Waals surface area contributed by atoms with Gasteiger partial charge < -0.3 is 10.6 Å². The summed E-state index contributed by atoms with van der Waals surface area (Å²) in [6.07, 6.45) is 4.54. The van der Waals surface area contributed by atoms with Crippen molar-refractivity contribution >= 4 is 42.1 Å². The van der Waals surface area contributed by atoms with Crippen LogP contribution in [0, 0.1) is 0 Å². The Kier molecular flexibility index (Phi) is 7.76. The largest absolute Gasteiger partial charge is 0.398 e. The minimum atomic E-state index is 0. The molecule has 0 saturated heterocycles. The zero-order valence-electron chi connectivity index (χ0n) is 16.3. The number of fused-ring (bicyclic) bond motifs is 1. The van der Waals surface area contributed by atoms with E-state index in [1.54, 1.807) is 0 Å². The highest BCUT2D eigenvalue weighted by atomic mass is 35.5. The summed E-state index contributed by atoms with van der Waals surface area (Å²) in [5.41, 5.74) is 11.0. The molecule has 0 aromatic heterocycles. The van der Waals surface area contributed by atoms with E-state index >= 15 is 0 Å². The number of nitrogens with two attached hydrogens (primary N) is 1. The van der Waals surface area contributed by atoms with Crippen molar-refractivity contribution < 1.29 is 4.79 Å². The standard InChI is InChI=1S/C22H27N3O.2ClH/c1-2-24(18-12-13-18)15-16-8-10-17(11-9-16)22(26)25-14-4-5-19-20(23)6-3-7-21(19)25;;/h3,6-11,18H,2,4-5,12-15,23H2,1H3;2*1H. The summed E-state index contributed by atoms with van der Waals surface area (Å²) >= 11 is 0.